The van der Waals surface area contributed by atoms with Crippen LogP contribution in [-0.4, -0.2) is 39.5 Å². The minimum Gasteiger partial charge on any atom is -0.380 e. The Labute approximate surface area is 194 Å². The van der Waals surface area contributed by atoms with Crippen LogP contribution in [0.15, 0.2) is 28.4 Å². The Balaban J connectivity index is 2.17. The van der Waals surface area contributed by atoms with E-state index >= 15 is 0 Å². The molecule has 7 nitrogen and oxygen atoms in total. The van der Waals surface area contributed by atoms with Gasteiger partial charge in [0.05, 0.1) is 24.5 Å². The fourth-order valence-electron chi connectivity index (χ4n) is 3.07. The van der Waals surface area contributed by atoms with Gasteiger partial charge < -0.3 is 14.4 Å². The molecule has 0 aliphatic heterocycles. The number of aryl methyl sites for hydroxylation is 1. The Morgan fingerprint density at radius 1 is 0.938 bits per heavy atom. The average Bonchev–Trinajstić information content (AvgIpc) is 3.11. The zero-order chi connectivity index (χ0) is 23.3. The lowest BCUT2D eigenvalue weighted by atomic mass is 10.1. The third kappa shape index (κ3) is 7.13. The van der Waals surface area contributed by atoms with E-state index in [2.05, 4.69) is 47.2 Å². The molecule has 1 aromatic heterocycles. The zero-order valence-electron chi connectivity index (χ0n) is 19.3. The van der Waals surface area contributed by atoms with Crippen molar-refractivity contribution >= 4 is 27.7 Å². The molecule has 2 rings (SSSR count). The smallest absolute Gasteiger partial charge is 0.158 e. The van der Waals surface area contributed by atoms with Gasteiger partial charge in [-0.15, -0.1) is 21.6 Å². The third-order valence-electron chi connectivity index (χ3n) is 4.84. The van der Waals surface area contributed by atoms with Gasteiger partial charge in [-0.1, -0.05) is 13.8 Å². The number of hydrogen-bond donors (Lipinski definition) is 0. The Morgan fingerprint density at radius 3 is 2.12 bits per heavy atom. The Bertz CT molecular complexity index is 975. The number of benzene rings is 1. The summed E-state index contributed by atoms with van der Waals surface area (Å²) in [6.45, 7) is 12.4. The van der Waals surface area contributed by atoms with Gasteiger partial charge in [0, 0.05) is 32.0 Å². The van der Waals surface area contributed by atoms with Gasteiger partial charge in [-0.2, -0.15) is 10.5 Å². The number of ether oxygens (including phenoxy) is 2. The monoisotopic (exact) mass is 453 g/mol. The summed E-state index contributed by atoms with van der Waals surface area (Å²) in [7, 11) is 0. The summed E-state index contributed by atoms with van der Waals surface area (Å²) < 4.78 is 11.4. The lowest BCUT2D eigenvalue weighted by Gasteiger charge is -2.25. The van der Waals surface area contributed by atoms with Crippen molar-refractivity contribution in [2.75, 3.05) is 44.4 Å². The summed E-state index contributed by atoms with van der Waals surface area (Å²) in [6.07, 6.45) is 2.01. The van der Waals surface area contributed by atoms with Gasteiger partial charge >= 0.3 is 0 Å². The van der Waals surface area contributed by atoms with E-state index in [-0.39, 0.29) is 0 Å². The zero-order valence-corrected chi connectivity index (χ0v) is 20.2. The molecule has 0 radical (unpaired) electrons. The number of nitriles is 2. The maximum atomic E-state index is 9.39. The molecule has 0 spiro atoms. The second-order valence-corrected chi connectivity index (χ2v) is 8.34. The van der Waals surface area contributed by atoms with Gasteiger partial charge in [-0.3, -0.25) is 0 Å². The molecule has 32 heavy (non-hydrogen) atoms. The van der Waals surface area contributed by atoms with Crippen molar-refractivity contribution in [3.8, 4) is 12.1 Å². The molecule has 0 amide bonds. The topological polar surface area (TPSA) is 94.0 Å². The van der Waals surface area contributed by atoms with Crippen LogP contribution < -0.4 is 4.90 Å². The molecule has 1 aromatic carbocycles. The minimum atomic E-state index is 0.412. The van der Waals surface area contributed by atoms with Crippen LogP contribution in [0.4, 0.5) is 16.4 Å². The lowest BCUT2D eigenvalue weighted by Crippen LogP contribution is -2.31. The first-order valence-corrected chi connectivity index (χ1v) is 11.7. The minimum absolute atomic E-state index is 0.412. The fraction of sp³-hybridized carbons (Fsp3) is 0.500. The van der Waals surface area contributed by atoms with Crippen molar-refractivity contribution in [1.82, 2.24) is 0 Å². The Kier molecular flexibility index (Phi) is 10.8. The van der Waals surface area contributed by atoms with Crippen molar-refractivity contribution < 1.29 is 9.47 Å². The van der Waals surface area contributed by atoms with Crippen molar-refractivity contribution in [3.63, 3.8) is 0 Å². The van der Waals surface area contributed by atoms with Gasteiger partial charge in [0.1, 0.15) is 17.0 Å². The number of azo groups is 1. The molecule has 0 N–H and O–H groups in total. The number of nitrogens with zero attached hydrogens (tertiary/aromatic N) is 5. The molecular formula is C24H31N5O2S. The number of thiophene rings is 1. The SMILES string of the molecule is CCCOCCN(CCOCCC)c1ccc(/N=N/c2sc(C#N)c(C)c2C#N)c(C)c1. The van der Waals surface area contributed by atoms with Gasteiger partial charge in [0.25, 0.3) is 0 Å². The standard InChI is InChI=1S/C24H31N5O2S/c1-5-11-30-13-9-29(10-14-31-12-6-2)20-7-8-22(18(3)15-20)27-28-24-21(16-25)19(4)23(17-26)32-24/h7-8,15H,5-6,9-14H2,1-4H3/b28-27+. The molecule has 8 heteroatoms. The second kappa shape index (κ2) is 13.6. The highest BCUT2D eigenvalue weighted by molar-refractivity contribution is 7.16. The van der Waals surface area contributed by atoms with E-state index in [1.54, 1.807) is 6.92 Å². The highest BCUT2D eigenvalue weighted by atomic mass is 32.1. The van der Waals surface area contributed by atoms with Crippen LogP contribution in [0.2, 0.25) is 0 Å². The third-order valence-corrected chi connectivity index (χ3v) is 5.92. The number of rotatable bonds is 13. The normalized spacial score (nSPS) is 10.9. The first kappa shape index (κ1) is 25.5. The fourth-order valence-corrected chi connectivity index (χ4v) is 3.94. The maximum absolute atomic E-state index is 9.39. The molecule has 0 unspecified atom stereocenters. The molecule has 0 saturated heterocycles. The van der Waals surface area contributed by atoms with Crippen LogP contribution in [0.25, 0.3) is 0 Å². The van der Waals surface area contributed by atoms with Crippen molar-refractivity contribution in [2.45, 2.75) is 40.5 Å². The summed E-state index contributed by atoms with van der Waals surface area (Å²) in [5.74, 6) is 0. The van der Waals surface area contributed by atoms with Gasteiger partial charge in [0.2, 0.25) is 0 Å². The van der Waals surface area contributed by atoms with E-state index in [0.29, 0.717) is 34.2 Å². The summed E-state index contributed by atoms with van der Waals surface area (Å²) in [6, 6.07) is 10.3. The summed E-state index contributed by atoms with van der Waals surface area (Å²) in [5, 5.41) is 27.7. The molecule has 0 bridgehead atoms. The van der Waals surface area contributed by atoms with E-state index < -0.39 is 0 Å². The molecule has 0 saturated carbocycles. The Hall–Kier alpha value is -2.78. The molecule has 1 heterocycles. The molecule has 2 aromatic rings. The van der Waals surface area contributed by atoms with Crippen LogP contribution in [0, 0.1) is 36.5 Å². The average molecular weight is 454 g/mol. The molecule has 0 aliphatic carbocycles. The highest BCUT2D eigenvalue weighted by Crippen LogP contribution is 2.36. The summed E-state index contributed by atoms with van der Waals surface area (Å²) in [4.78, 5) is 2.75. The molecule has 170 valence electrons. The number of hydrogen-bond acceptors (Lipinski definition) is 8. The number of anilines is 1. The van der Waals surface area contributed by atoms with Gasteiger partial charge in [-0.05, 0) is 56.0 Å². The predicted octanol–water partition coefficient (Wildman–Crippen LogP) is 6.18. The van der Waals surface area contributed by atoms with Gasteiger partial charge in [-0.25, -0.2) is 0 Å². The predicted molar refractivity (Wildman–Crippen MR) is 128 cm³/mol. The summed E-state index contributed by atoms with van der Waals surface area (Å²) >= 11 is 1.19. The van der Waals surface area contributed by atoms with Crippen molar-refractivity contribution in [2.24, 2.45) is 10.2 Å². The lowest BCUT2D eigenvalue weighted by molar-refractivity contribution is 0.129. The van der Waals surface area contributed by atoms with Crippen LogP contribution >= 0.6 is 11.3 Å². The van der Waals surface area contributed by atoms with Gasteiger partial charge in [0.15, 0.2) is 5.00 Å². The largest absolute Gasteiger partial charge is 0.380 e. The quantitative estimate of drug-likeness (QED) is 0.266. The van der Waals surface area contributed by atoms with Crippen LogP contribution in [0.3, 0.4) is 0 Å². The molecule has 0 atom stereocenters. The Morgan fingerprint density at radius 2 is 1.59 bits per heavy atom. The highest BCUT2D eigenvalue weighted by Gasteiger charge is 2.15. The molecule has 0 fully saturated rings. The van der Waals surface area contributed by atoms with E-state index in [9.17, 15) is 10.5 Å². The van der Waals surface area contributed by atoms with Crippen molar-refractivity contribution in [1.29, 1.82) is 10.5 Å². The maximum Gasteiger partial charge on any atom is 0.158 e. The molecule has 0 aliphatic rings. The van der Waals surface area contributed by atoms with E-state index in [4.69, 9.17) is 9.47 Å². The van der Waals surface area contributed by atoms with E-state index in [0.717, 1.165) is 56.1 Å². The van der Waals surface area contributed by atoms with E-state index in [1.807, 2.05) is 19.1 Å². The first-order chi connectivity index (χ1) is 15.5. The first-order valence-electron chi connectivity index (χ1n) is 10.9. The van der Waals surface area contributed by atoms with Crippen molar-refractivity contribution in [3.05, 3.63) is 39.8 Å². The van der Waals surface area contributed by atoms with Crippen LogP contribution in [-0.2, 0) is 9.47 Å². The van der Waals surface area contributed by atoms with Crippen LogP contribution in [0.1, 0.15) is 48.3 Å². The van der Waals surface area contributed by atoms with Crippen LogP contribution in [0.5, 0.6) is 0 Å². The summed E-state index contributed by atoms with van der Waals surface area (Å²) in [5.41, 5.74) is 3.86. The second-order valence-electron chi connectivity index (χ2n) is 7.34. The molecular weight excluding hydrogens is 422 g/mol. The van der Waals surface area contributed by atoms with E-state index in [1.165, 1.54) is 11.3 Å².